The molecule has 98 valence electrons. The predicted octanol–water partition coefficient (Wildman–Crippen LogP) is 1.41. The highest BCUT2D eigenvalue weighted by molar-refractivity contribution is 5.95. The molecule has 0 radical (unpaired) electrons. The lowest BCUT2D eigenvalue weighted by molar-refractivity contribution is 0.200. The van der Waals surface area contributed by atoms with Crippen LogP contribution in [0.1, 0.15) is 30.5 Å². The molecule has 18 heavy (non-hydrogen) atoms. The highest BCUT2D eigenvalue weighted by Crippen LogP contribution is 2.27. The van der Waals surface area contributed by atoms with Crippen molar-refractivity contribution < 1.29 is 5.21 Å². The molecule has 2 rings (SSSR count). The number of oxime groups is 1. The number of amidine groups is 1. The predicted molar refractivity (Wildman–Crippen MR) is 70.4 cm³/mol. The molecule has 0 aromatic carbocycles. The molecule has 1 heterocycles. The van der Waals surface area contributed by atoms with Gasteiger partial charge < -0.3 is 15.8 Å². The van der Waals surface area contributed by atoms with E-state index < -0.39 is 0 Å². The highest BCUT2D eigenvalue weighted by Gasteiger charge is 2.19. The van der Waals surface area contributed by atoms with Crippen molar-refractivity contribution in [3.63, 3.8) is 0 Å². The number of hydrogen-bond acceptors (Lipinski definition) is 4. The van der Waals surface area contributed by atoms with E-state index in [0.29, 0.717) is 5.69 Å². The fourth-order valence-corrected chi connectivity index (χ4v) is 2.26. The first-order valence-corrected chi connectivity index (χ1v) is 6.30. The third-order valence-electron chi connectivity index (χ3n) is 3.44. The number of hydrogen-bond donors (Lipinski definition) is 2. The molecular formula is C13H20N4O. The quantitative estimate of drug-likeness (QED) is 0.357. The Morgan fingerprint density at radius 1 is 1.61 bits per heavy atom. The summed E-state index contributed by atoms with van der Waals surface area (Å²) >= 11 is 0. The lowest BCUT2D eigenvalue weighted by atomic mass is 9.85. The summed E-state index contributed by atoms with van der Waals surface area (Å²) in [7, 11) is 2.13. The third-order valence-corrected chi connectivity index (χ3v) is 3.44. The van der Waals surface area contributed by atoms with Gasteiger partial charge in [-0.15, -0.1) is 0 Å². The Bertz CT molecular complexity index is 429. The van der Waals surface area contributed by atoms with Gasteiger partial charge in [0.1, 0.15) is 5.69 Å². The van der Waals surface area contributed by atoms with Gasteiger partial charge in [0.2, 0.25) is 0 Å². The van der Waals surface area contributed by atoms with Gasteiger partial charge in [-0.05, 0) is 43.5 Å². The zero-order valence-corrected chi connectivity index (χ0v) is 10.7. The molecule has 1 aliphatic rings. The van der Waals surface area contributed by atoms with Crippen molar-refractivity contribution in [2.45, 2.75) is 25.8 Å². The summed E-state index contributed by atoms with van der Waals surface area (Å²) in [6.07, 6.45) is 5.79. The van der Waals surface area contributed by atoms with Gasteiger partial charge in [-0.3, -0.25) is 4.98 Å². The highest BCUT2D eigenvalue weighted by atomic mass is 16.4. The third kappa shape index (κ3) is 3.20. The minimum atomic E-state index is 0.0542. The van der Waals surface area contributed by atoms with Crippen LogP contribution in [0.25, 0.3) is 0 Å². The van der Waals surface area contributed by atoms with Crippen LogP contribution in [-0.4, -0.2) is 34.5 Å². The molecule has 0 bridgehead atoms. The fourth-order valence-electron chi connectivity index (χ4n) is 2.26. The molecule has 3 N–H and O–H groups in total. The molecule has 0 amide bonds. The molecule has 0 saturated heterocycles. The Morgan fingerprint density at radius 2 is 2.39 bits per heavy atom. The second kappa shape index (κ2) is 5.82. The van der Waals surface area contributed by atoms with Crippen LogP contribution in [0.15, 0.2) is 23.5 Å². The lowest BCUT2D eigenvalue weighted by Gasteiger charge is -2.30. The normalized spacial score (nSPS) is 16.9. The summed E-state index contributed by atoms with van der Waals surface area (Å²) in [5.74, 6) is 0.916. The van der Waals surface area contributed by atoms with Crippen molar-refractivity contribution >= 4 is 5.84 Å². The summed E-state index contributed by atoms with van der Waals surface area (Å²) in [6.45, 7) is 2.01. The molecule has 0 spiro atoms. The summed E-state index contributed by atoms with van der Waals surface area (Å²) in [6, 6.07) is 3.83. The van der Waals surface area contributed by atoms with Crippen LogP contribution < -0.4 is 5.73 Å². The van der Waals surface area contributed by atoms with E-state index in [9.17, 15) is 0 Å². The van der Waals surface area contributed by atoms with Crippen LogP contribution in [0.3, 0.4) is 0 Å². The van der Waals surface area contributed by atoms with Crippen LogP contribution in [0.4, 0.5) is 0 Å². The van der Waals surface area contributed by atoms with Gasteiger partial charge in [-0.25, -0.2) is 0 Å². The topological polar surface area (TPSA) is 74.7 Å². The number of rotatable bonds is 5. The first-order valence-electron chi connectivity index (χ1n) is 6.30. The van der Waals surface area contributed by atoms with E-state index >= 15 is 0 Å². The van der Waals surface area contributed by atoms with Crippen LogP contribution in [-0.2, 0) is 6.54 Å². The first kappa shape index (κ1) is 12.8. The average Bonchev–Trinajstić information content (AvgIpc) is 2.33. The number of pyridine rings is 1. The molecule has 0 aliphatic heterocycles. The molecular weight excluding hydrogens is 228 g/mol. The van der Waals surface area contributed by atoms with Gasteiger partial charge in [-0.2, -0.15) is 0 Å². The van der Waals surface area contributed by atoms with Crippen molar-refractivity contribution in [1.29, 1.82) is 0 Å². The largest absolute Gasteiger partial charge is 0.409 e. The lowest BCUT2D eigenvalue weighted by Crippen LogP contribution is -2.29. The van der Waals surface area contributed by atoms with Crippen LogP contribution in [0.5, 0.6) is 0 Å². The van der Waals surface area contributed by atoms with Crippen molar-refractivity contribution in [3.05, 3.63) is 29.6 Å². The van der Waals surface area contributed by atoms with Crippen LogP contribution in [0.2, 0.25) is 0 Å². The number of nitrogens with zero attached hydrogens (tertiary/aromatic N) is 3. The van der Waals surface area contributed by atoms with Crippen LogP contribution >= 0.6 is 0 Å². The second-order valence-electron chi connectivity index (χ2n) is 5.03. The van der Waals surface area contributed by atoms with Gasteiger partial charge >= 0.3 is 0 Å². The molecule has 1 aromatic heterocycles. The average molecular weight is 248 g/mol. The minimum absolute atomic E-state index is 0.0542. The first-order chi connectivity index (χ1) is 8.69. The molecule has 1 saturated carbocycles. The van der Waals surface area contributed by atoms with Gasteiger partial charge in [0, 0.05) is 19.3 Å². The van der Waals surface area contributed by atoms with E-state index in [-0.39, 0.29) is 5.84 Å². The Morgan fingerprint density at radius 3 is 3.00 bits per heavy atom. The van der Waals surface area contributed by atoms with E-state index in [1.54, 1.807) is 6.20 Å². The Labute approximate surface area is 107 Å². The van der Waals surface area contributed by atoms with E-state index in [0.717, 1.165) is 24.6 Å². The van der Waals surface area contributed by atoms with Gasteiger partial charge in [0.05, 0.1) is 0 Å². The zero-order valence-electron chi connectivity index (χ0n) is 10.7. The second-order valence-corrected chi connectivity index (χ2v) is 5.03. The van der Waals surface area contributed by atoms with E-state index in [4.69, 9.17) is 10.9 Å². The fraction of sp³-hybridized carbons (Fsp3) is 0.538. The maximum absolute atomic E-state index is 8.63. The van der Waals surface area contributed by atoms with Gasteiger partial charge in [0.15, 0.2) is 5.84 Å². The molecule has 5 nitrogen and oxygen atoms in total. The molecule has 1 fully saturated rings. The standard InChI is InChI=1S/C13H20N4O/c1-17(8-10-3-2-4-10)9-11-5-6-15-12(7-11)13(14)16-18/h5-7,10,18H,2-4,8-9H2,1H3,(H2,14,16). The van der Waals surface area contributed by atoms with Crippen molar-refractivity contribution in [2.75, 3.05) is 13.6 Å². The summed E-state index contributed by atoms with van der Waals surface area (Å²) in [4.78, 5) is 6.39. The van der Waals surface area contributed by atoms with E-state index in [2.05, 4.69) is 22.1 Å². The minimum Gasteiger partial charge on any atom is -0.409 e. The van der Waals surface area contributed by atoms with Crippen LogP contribution in [0, 0.1) is 5.92 Å². The van der Waals surface area contributed by atoms with Crippen molar-refractivity contribution in [2.24, 2.45) is 16.8 Å². The maximum atomic E-state index is 8.63. The zero-order chi connectivity index (χ0) is 13.0. The van der Waals surface area contributed by atoms with E-state index in [1.165, 1.54) is 19.3 Å². The smallest absolute Gasteiger partial charge is 0.188 e. The SMILES string of the molecule is CN(Cc1ccnc(C(N)=NO)c1)CC1CCC1. The maximum Gasteiger partial charge on any atom is 0.188 e. The molecule has 5 heteroatoms. The molecule has 0 atom stereocenters. The summed E-state index contributed by atoms with van der Waals surface area (Å²) in [5, 5.41) is 11.6. The van der Waals surface area contributed by atoms with E-state index in [1.807, 2.05) is 12.1 Å². The van der Waals surface area contributed by atoms with Gasteiger partial charge in [-0.1, -0.05) is 11.6 Å². The molecule has 1 aromatic rings. The Balaban J connectivity index is 1.95. The van der Waals surface area contributed by atoms with Gasteiger partial charge in [0.25, 0.3) is 0 Å². The summed E-state index contributed by atoms with van der Waals surface area (Å²) in [5.41, 5.74) is 7.18. The molecule has 1 aliphatic carbocycles. The number of aromatic nitrogens is 1. The Hall–Kier alpha value is -1.62. The van der Waals surface area contributed by atoms with Crippen molar-refractivity contribution in [1.82, 2.24) is 9.88 Å². The summed E-state index contributed by atoms with van der Waals surface area (Å²) < 4.78 is 0. The van der Waals surface area contributed by atoms with Crippen molar-refractivity contribution in [3.8, 4) is 0 Å². The molecule has 0 unspecified atom stereocenters. The monoisotopic (exact) mass is 248 g/mol. The Kier molecular flexibility index (Phi) is 4.15. The number of nitrogens with two attached hydrogens (primary N) is 1.